The standard InChI is InChI=1S/C27H31N5O4/c1-2-35-23(33)16-19-17-27(18-19)12-14-32(15-13-27)22-10-8-21(9-11-22)28-24(34)25-30-31-26(36-25)29-20-6-4-3-5-7-20/h3-11,19H,2,12-18H2,1H3,(H,28,34)(H,29,31). The van der Waals surface area contributed by atoms with Gasteiger partial charge in [0.15, 0.2) is 0 Å². The molecule has 9 heteroatoms. The Bertz CT molecular complexity index is 1180. The predicted molar refractivity (Wildman–Crippen MR) is 136 cm³/mol. The van der Waals surface area contributed by atoms with Crippen LogP contribution in [0.1, 0.15) is 49.7 Å². The number of rotatable bonds is 8. The normalized spacial score (nSPS) is 16.9. The quantitative estimate of drug-likeness (QED) is 0.425. The molecule has 2 heterocycles. The van der Waals surface area contributed by atoms with E-state index < -0.39 is 5.91 Å². The lowest BCUT2D eigenvalue weighted by atomic mass is 9.57. The molecule has 2 N–H and O–H groups in total. The number of nitrogens with zero attached hydrogens (tertiary/aromatic N) is 3. The van der Waals surface area contributed by atoms with Gasteiger partial charge in [-0.3, -0.25) is 9.59 Å². The van der Waals surface area contributed by atoms with Gasteiger partial charge in [-0.05, 0) is 80.3 Å². The minimum Gasteiger partial charge on any atom is -0.466 e. The predicted octanol–water partition coefficient (Wildman–Crippen LogP) is 5.02. The molecule has 1 saturated carbocycles. The summed E-state index contributed by atoms with van der Waals surface area (Å²) < 4.78 is 10.5. The number of carbonyl (C=O) groups is 2. The van der Waals surface area contributed by atoms with Crippen LogP contribution in [0, 0.1) is 11.3 Å². The van der Waals surface area contributed by atoms with Crippen LogP contribution in [0.5, 0.6) is 0 Å². The van der Waals surface area contributed by atoms with E-state index >= 15 is 0 Å². The van der Waals surface area contributed by atoms with Gasteiger partial charge >= 0.3 is 23.8 Å². The first kappa shape index (κ1) is 23.8. The Hall–Kier alpha value is -3.88. The number of aromatic nitrogens is 2. The minimum atomic E-state index is -0.460. The highest BCUT2D eigenvalue weighted by atomic mass is 16.5. The molecule has 1 saturated heterocycles. The summed E-state index contributed by atoms with van der Waals surface area (Å²) >= 11 is 0. The number of para-hydroxylation sites is 1. The third-order valence-corrected chi connectivity index (χ3v) is 7.16. The van der Waals surface area contributed by atoms with E-state index in [0.29, 0.717) is 30.0 Å². The molecular weight excluding hydrogens is 458 g/mol. The summed E-state index contributed by atoms with van der Waals surface area (Å²) in [5, 5.41) is 13.5. The SMILES string of the molecule is CCOC(=O)CC1CC2(CCN(c3ccc(NC(=O)c4nnc(Nc5ccccc5)o4)cc3)CC2)C1. The van der Waals surface area contributed by atoms with Crippen LogP contribution in [0.3, 0.4) is 0 Å². The number of ether oxygens (including phenoxy) is 1. The fraction of sp³-hybridized carbons (Fsp3) is 0.407. The number of hydrogen-bond acceptors (Lipinski definition) is 8. The van der Waals surface area contributed by atoms with Crippen molar-refractivity contribution in [3.05, 3.63) is 60.5 Å². The average molecular weight is 490 g/mol. The minimum absolute atomic E-state index is 0.0645. The Balaban J connectivity index is 1.09. The summed E-state index contributed by atoms with van der Waals surface area (Å²) in [7, 11) is 0. The highest BCUT2D eigenvalue weighted by Crippen LogP contribution is 2.54. The molecule has 5 rings (SSSR count). The topological polar surface area (TPSA) is 110 Å². The number of esters is 1. The molecule has 1 spiro atoms. The second-order valence-corrected chi connectivity index (χ2v) is 9.67. The second-order valence-electron chi connectivity index (χ2n) is 9.67. The first-order valence-corrected chi connectivity index (χ1v) is 12.5. The van der Waals surface area contributed by atoms with Crippen molar-refractivity contribution < 1.29 is 18.7 Å². The van der Waals surface area contributed by atoms with Crippen molar-refractivity contribution >= 4 is 35.0 Å². The summed E-state index contributed by atoms with van der Waals surface area (Å²) in [4.78, 5) is 26.6. The lowest BCUT2D eigenvalue weighted by Gasteiger charge is -2.52. The van der Waals surface area contributed by atoms with Crippen LogP contribution in [0.25, 0.3) is 0 Å². The molecule has 1 amide bonds. The highest BCUT2D eigenvalue weighted by Gasteiger charge is 2.46. The summed E-state index contributed by atoms with van der Waals surface area (Å²) in [5.41, 5.74) is 2.98. The van der Waals surface area contributed by atoms with Crippen LogP contribution >= 0.6 is 0 Å². The molecule has 188 valence electrons. The largest absolute Gasteiger partial charge is 0.466 e. The average Bonchev–Trinajstić information content (AvgIpc) is 3.33. The van der Waals surface area contributed by atoms with E-state index in [4.69, 9.17) is 9.15 Å². The Labute approximate surface area is 210 Å². The van der Waals surface area contributed by atoms with Gasteiger partial charge in [0.25, 0.3) is 0 Å². The van der Waals surface area contributed by atoms with Crippen LogP contribution in [0.15, 0.2) is 59.0 Å². The first-order chi connectivity index (χ1) is 17.5. The van der Waals surface area contributed by atoms with Crippen molar-refractivity contribution in [2.45, 2.75) is 39.0 Å². The second kappa shape index (κ2) is 10.4. The maximum absolute atomic E-state index is 12.5. The number of nitrogens with one attached hydrogen (secondary N) is 2. The lowest BCUT2D eigenvalue weighted by Crippen LogP contribution is -2.47. The Morgan fingerprint density at radius 2 is 1.75 bits per heavy atom. The summed E-state index contributed by atoms with van der Waals surface area (Å²) in [6.07, 6.45) is 5.09. The first-order valence-electron chi connectivity index (χ1n) is 12.5. The lowest BCUT2D eigenvalue weighted by molar-refractivity contribution is -0.146. The molecule has 2 fully saturated rings. The maximum atomic E-state index is 12.5. The van der Waals surface area contributed by atoms with Crippen molar-refractivity contribution in [1.82, 2.24) is 10.2 Å². The third kappa shape index (κ3) is 5.50. The van der Waals surface area contributed by atoms with Gasteiger partial charge in [0.05, 0.1) is 6.61 Å². The van der Waals surface area contributed by atoms with Gasteiger partial charge in [0, 0.05) is 36.6 Å². The number of benzene rings is 2. The summed E-state index contributed by atoms with van der Waals surface area (Å²) in [5.74, 6) is -0.160. The molecule has 2 aromatic carbocycles. The van der Waals surface area contributed by atoms with Gasteiger partial charge in [-0.2, -0.15) is 0 Å². The zero-order valence-electron chi connectivity index (χ0n) is 20.4. The van der Waals surface area contributed by atoms with E-state index in [2.05, 4.69) is 25.7 Å². The van der Waals surface area contributed by atoms with E-state index in [1.165, 1.54) is 0 Å². The summed E-state index contributed by atoms with van der Waals surface area (Å²) in [6.45, 7) is 4.30. The van der Waals surface area contributed by atoms with E-state index in [1.54, 1.807) is 0 Å². The van der Waals surface area contributed by atoms with Crippen LogP contribution in [0.2, 0.25) is 0 Å². The molecule has 0 bridgehead atoms. The molecule has 3 aromatic rings. The Kier molecular flexibility index (Phi) is 6.88. The molecule has 9 nitrogen and oxygen atoms in total. The van der Waals surface area contributed by atoms with Gasteiger partial charge in [-0.15, -0.1) is 5.10 Å². The zero-order chi connectivity index (χ0) is 25.0. The fourth-order valence-corrected chi connectivity index (χ4v) is 5.36. The number of carbonyl (C=O) groups excluding carboxylic acids is 2. The van der Waals surface area contributed by atoms with Gasteiger partial charge in [0.2, 0.25) is 0 Å². The molecular formula is C27H31N5O4. The Morgan fingerprint density at radius 3 is 2.44 bits per heavy atom. The van der Waals surface area contributed by atoms with Gasteiger partial charge in [0.1, 0.15) is 0 Å². The molecule has 1 aliphatic heterocycles. The molecule has 0 atom stereocenters. The monoisotopic (exact) mass is 489 g/mol. The van der Waals surface area contributed by atoms with Gasteiger partial charge < -0.3 is 24.7 Å². The van der Waals surface area contributed by atoms with Crippen molar-refractivity contribution in [3.8, 4) is 0 Å². The molecule has 2 aliphatic rings. The van der Waals surface area contributed by atoms with Gasteiger partial charge in [-0.1, -0.05) is 23.3 Å². The number of hydrogen-bond donors (Lipinski definition) is 2. The number of amides is 1. The zero-order valence-corrected chi connectivity index (χ0v) is 20.4. The molecule has 0 radical (unpaired) electrons. The van der Waals surface area contributed by atoms with E-state index in [-0.39, 0.29) is 17.9 Å². The number of piperidine rings is 1. The van der Waals surface area contributed by atoms with Gasteiger partial charge in [-0.25, -0.2) is 0 Å². The van der Waals surface area contributed by atoms with Crippen molar-refractivity contribution in [2.75, 3.05) is 35.2 Å². The van der Waals surface area contributed by atoms with Crippen LogP contribution in [-0.2, 0) is 9.53 Å². The highest BCUT2D eigenvalue weighted by molar-refractivity contribution is 6.01. The van der Waals surface area contributed by atoms with E-state index in [1.807, 2.05) is 61.5 Å². The Morgan fingerprint density at radius 1 is 1.03 bits per heavy atom. The summed E-state index contributed by atoms with van der Waals surface area (Å²) in [6, 6.07) is 17.4. The van der Waals surface area contributed by atoms with Crippen LogP contribution in [-0.4, -0.2) is 41.8 Å². The van der Waals surface area contributed by atoms with Crippen LogP contribution < -0.4 is 15.5 Å². The third-order valence-electron chi connectivity index (χ3n) is 7.16. The van der Waals surface area contributed by atoms with Crippen LogP contribution in [0.4, 0.5) is 23.1 Å². The maximum Gasteiger partial charge on any atom is 0.320 e. The fourth-order valence-electron chi connectivity index (χ4n) is 5.36. The molecule has 36 heavy (non-hydrogen) atoms. The van der Waals surface area contributed by atoms with Crippen molar-refractivity contribution in [1.29, 1.82) is 0 Å². The van der Waals surface area contributed by atoms with E-state index in [9.17, 15) is 9.59 Å². The smallest absolute Gasteiger partial charge is 0.320 e. The number of anilines is 4. The molecule has 1 aliphatic carbocycles. The molecule has 1 aromatic heterocycles. The van der Waals surface area contributed by atoms with Crippen molar-refractivity contribution in [3.63, 3.8) is 0 Å². The molecule has 0 unspecified atom stereocenters. The van der Waals surface area contributed by atoms with Crippen molar-refractivity contribution in [2.24, 2.45) is 11.3 Å². The van der Waals surface area contributed by atoms with E-state index in [0.717, 1.165) is 50.1 Å².